The molecule has 0 bridgehead atoms. The predicted octanol–water partition coefficient (Wildman–Crippen LogP) is 1.69. The highest BCUT2D eigenvalue weighted by Crippen LogP contribution is 2.18. The summed E-state index contributed by atoms with van der Waals surface area (Å²) in [6.45, 7) is 5.58. The number of piperazine rings is 1. The van der Waals surface area contributed by atoms with E-state index < -0.39 is 0 Å². The Labute approximate surface area is 140 Å². The van der Waals surface area contributed by atoms with Gasteiger partial charge in [0.05, 0.1) is 0 Å². The maximum atomic E-state index is 4.75. The van der Waals surface area contributed by atoms with Gasteiger partial charge in [-0.15, -0.1) is 0 Å². The third kappa shape index (κ3) is 2.92. The van der Waals surface area contributed by atoms with Gasteiger partial charge in [0.1, 0.15) is 18.0 Å². The van der Waals surface area contributed by atoms with E-state index in [9.17, 15) is 0 Å². The first-order valence-corrected chi connectivity index (χ1v) is 8.03. The standard InChI is InChI=1S/C17H19N7/c1-14-11-19-17(20-12-14)23-9-7-22(8-10-23)15-3-2-4-16(21-15)24-6-5-18-13-24/h2-6,11-13H,7-10H2,1H3. The molecule has 4 heterocycles. The van der Waals surface area contributed by atoms with Gasteiger partial charge in [-0.05, 0) is 24.6 Å². The summed E-state index contributed by atoms with van der Waals surface area (Å²) in [5.41, 5.74) is 1.08. The summed E-state index contributed by atoms with van der Waals surface area (Å²) in [5, 5.41) is 0. The van der Waals surface area contributed by atoms with Crippen LogP contribution < -0.4 is 9.80 Å². The first-order chi connectivity index (χ1) is 11.8. The highest BCUT2D eigenvalue weighted by molar-refractivity contribution is 5.45. The predicted molar refractivity (Wildman–Crippen MR) is 92.6 cm³/mol. The number of rotatable bonds is 3. The Kier molecular flexibility index (Phi) is 3.82. The van der Waals surface area contributed by atoms with Gasteiger partial charge in [0.2, 0.25) is 5.95 Å². The van der Waals surface area contributed by atoms with Crippen LogP contribution in [0, 0.1) is 6.92 Å². The molecule has 24 heavy (non-hydrogen) atoms. The molecule has 0 spiro atoms. The molecule has 4 rings (SSSR count). The lowest BCUT2D eigenvalue weighted by molar-refractivity contribution is 0.633. The minimum Gasteiger partial charge on any atom is -0.353 e. The van der Waals surface area contributed by atoms with E-state index in [1.54, 1.807) is 12.5 Å². The molecule has 0 unspecified atom stereocenters. The number of pyridine rings is 1. The van der Waals surface area contributed by atoms with E-state index in [1.165, 1.54) is 0 Å². The summed E-state index contributed by atoms with van der Waals surface area (Å²) in [5.74, 6) is 2.68. The van der Waals surface area contributed by atoms with Gasteiger partial charge in [-0.3, -0.25) is 4.57 Å². The van der Waals surface area contributed by atoms with Crippen molar-refractivity contribution >= 4 is 11.8 Å². The van der Waals surface area contributed by atoms with Crippen LogP contribution in [0.1, 0.15) is 5.56 Å². The summed E-state index contributed by atoms with van der Waals surface area (Å²) in [4.78, 5) is 22.2. The van der Waals surface area contributed by atoms with Gasteiger partial charge >= 0.3 is 0 Å². The Morgan fingerprint density at radius 2 is 1.62 bits per heavy atom. The SMILES string of the molecule is Cc1cnc(N2CCN(c3cccc(-n4ccnc4)n3)CC2)nc1. The van der Waals surface area contributed by atoms with Crippen molar-refractivity contribution in [2.45, 2.75) is 6.92 Å². The van der Waals surface area contributed by atoms with Crippen LogP contribution in [0.2, 0.25) is 0 Å². The zero-order valence-electron chi connectivity index (χ0n) is 13.6. The lowest BCUT2D eigenvalue weighted by Gasteiger charge is -2.35. The second-order valence-electron chi connectivity index (χ2n) is 5.86. The van der Waals surface area contributed by atoms with Crippen molar-refractivity contribution in [3.8, 4) is 5.82 Å². The lowest BCUT2D eigenvalue weighted by Crippen LogP contribution is -2.47. The maximum Gasteiger partial charge on any atom is 0.225 e. The number of aryl methyl sites for hydroxylation is 1. The Morgan fingerprint density at radius 3 is 2.33 bits per heavy atom. The summed E-state index contributed by atoms with van der Waals surface area (Å²) < 4.78 is 1.92. The zero-order chi connectivity index (χ0) is 16.4. The maximum absolute atomic E-state index is 4.75. The molecule has 0 atom stereocenters. The van der Waals surface area contributed by atoms with Crippen LogP contribution in [-0.2, 0) is 0 Å². The molecule has 0 N–H and O–H groups in total. The van der Waals surface area contributed by atoms with E-state index >= 15 is 0 Å². The molecule has 1 fully saturated rings. The van der Waals surface area contributed by atoms with Crippen LogP contribution in [0.15, 0.2) is 49.3 Å². The van der Waals surface area contributed by atoms with Gasteiger partial charge < -0.3 is 9.80 Å². The van der Waals surface area contributed by atoms with Crippen molar-refractivity contribution in [3.05, 3.63) is 54.9 Å². The molecule has 1 aliphatic rings. The van der Waals surface area contributed by atoms with Crippen molar-refractivity contribution in [2.75, 3.05) is 36.0 Å². The average molecular weight is 321 g/mol. The summed E-state index contributed by atoms with van der Waals surface area (Å²) in [6, 6.07) is 6.08. The van der Waals surface area contributed by atoms with Gasteiger partial charge in [-0.2, -0.15) is 0 Å². The first-order valence-electron chi connectivity index (χ1n) is 8.03. The minimum atomic E-state index is 0.806. The quantitative estimate of drug-likeness (QED) is 0.731. The third-order valence-corrected chi connectivity index (χ3v) is 4.14. The second kappa shape index (κ2) is 6.27. The molecular weight excluding hydrogens is 302 g/mol. The van der Waals surface area contributed by atoms with E-state index in [1.807, 2.05) is 42.2 Å². The molecule has 122 valence electrons. The highest BCUT2D eigenvalue weighted by atomic mass is 15.3. The average Bonchev–Trinajstić information content (AvgIpc) is 3.17. The molecule has 1 saturated heterocycles. The van der Waals surface area contributed by atoms with E-state index in [0.29, 0.717) is 0 Å². The van der Waals surface area contributed by atoms with Gasteiger partial charge in [0.25, 0.3) is 0 Å². The molecular formula is C17H19N7. The number of nitrogens with zero attached hydrogens (tertiary/aromatic N) is 7. The van der Waals surface area contributed by atoms with Crippen molar-refractivity contribution in [1.29, 1.82) is 0 Å². The van der Waals surface area contributed by atoms with Crippen LogP contribution in [0.25, 0.3) is 5.82 Å². The zero-order valence-corrected chi connectivity index (χ0v) is 13.6. The molecule has 7 nitrogen and oxygen atoms in total. The molecule has 0 radical (unpaired) electrons. The van der Waals surface area contributed by atoms with Gasteiger partial charge in [-0.1, -0.05) is 6.07 Å². The third-order valence-electron chi connectivity index (χ3n) is 4.14. The number of hydrogen-bond acceptors (Lipinski definition) is 6. The highest BCUT2D eigenvalue weighted by Gasteiger charge is 2.20. The topological polar surface area (TPSA) is 63.0 Å². The van der Waals surface area contributed by atoms with E-state index in [-0.39, 0.29) is 0 Å². The minimum absolute atomic E-state index is 0.806. The Morgan fingerprint density at radius 1 is 0.917 bits per heavy atom. The van der Waals surface area contributed by atoms with Gasteiger partial charge in [-0.25, -0.2) is 19.9 Å². The molecule has 0 aliphatic carbocycles. The molecule has 1 aliphatic heterocycles. The fourth-order valence-corrected chi connectivity index (χ4v) is 2.81. The first kappa shape index (κ1) is 14.6. The van der Waals surface area contributed by atoms with Crippen molar-refractivity contribution in [2.24, 2.45) is 0 Å². The molecule has 3 aromatic heterocycles. The Bertz CT molecular complexity index is 790. The molecule has 0 saturated carbocycles. The fourth-order valence-electron chi connectivity index (χ4n) is 2.81. The summed E-state index contributed by atoms with van der Waals surface area (Å²) >= 11 is 0. The number of anilines is 2. The lowest BCUT2D eigenvalue weighted by atomic mass is 10.3. The number of hydrogen-bond donors (Lipinski definition) is 0. The van der Waals surface area contributed by atoms with Gasteiger partial charge in [0.15, 0.2) is 0 Å². The van der Waals surface area contributed by atoms with Crippen LogP contribution in [0.4, 0.5) is 11.8 Å². The van der Waals surface area contributed by atoms with E-state index in [2.05, 4.69) is 30.8 Å². The van der Waals surface area contributed by atoms with E-state index in [0.717, 1.165) is 49.3 Å². The Hall–Kier alpha value is -2.96. The van der Waals surface area contributed by atoms with E-state index in [4.69, 9.17) is 4.98 Å². The summed E-state index contributed by atoms with van der Waals surface area (Å²) in [6.07, 6.45) is 9.15. The number of aromatic nitrogens is 5. The Balaban J connectivity index is 1.46. The smallest absolute Gasteiger partial charge is 0.225 e. The van der Waals surface area contributed by atoms with Crippen molar-refractivity contribution in [1.82, 2.24) is 24.5 Å². The van der Waals surface area contributed by atoms with Gasteiger partial charge in [0, 0.05) is 51.0 Å². The van der Waals surface area contributed by atoms with Crippen molar-refractivity contribution < 1.29 is 0 Å². The van der Waals surface area contributed by atoms with Crippen LogP contribution in [0.5, 0.6) is 0 Å². The monoisotopic (exact) mass is 321 g/mol. The second-order valence-corrected chi connectivity index (χ2v) is 5.86. The van der Waals surface area contributed by atoms with Crippen LogP contribution in [0.3, 0.4) is 0 Å². The summed E-state index contributed by atoms with van der Waals surface area (Å²) in [7, 11) is 0. The normalized spacial score (nSPS) is 14.9. The number of imidazole rings is 1. The fraction of sp³-hybridized carbons (Fsp3) is 0.294. The van der Waals surface area contributed by atoms with Crippen LogP contribution >= 0.6 is 0 Å². The molecule has 7 heteroatoms. The molecule has 0 amide bonds. The van der Waals surface area contributed by atoms with Crippen molar-refractivity contribution in [3.63, 3.8) is 0 Å². The largest absolute Gasteiger partial charge is 0.353 e. The van der Waals surface area contributed by atoms with Crippen LogP contribution in [-0.4, -0.2) is 50.7 Å². The molecule has 3 aromatic rings. The molecule has 0 aromatic carbocycles.